The third-order valence-electron chi connectivity index (χ3n) is 1.96. The van der Waals surface area contributed by atoms with Crippen molar-refractivity contribution in [2.24, 2.45) is 0 Å². The van der Waals surface area contributed by atoms with Crippen LogP contribution in [0.5, 0.6) is 0 Å². The highest BCUT2D eigenvalue weighted by atomic mass is 19.1. The summed E-state index contributed by atoms with van der Waals surface area (Å²) in [6, 6.07) is 3.37. The van der Waals surface area contributed by atoms with Crippen LogP contribution >= 0.6 is 0 Å². The molecule has 4 nitrogen and oxygen atoms in total. The Bertz CT molecular complexity index is 459. The molecular weight excluding hydrogens is 216 g/mol. The van der Waals surface area contributed by atoms with Gasteiger partial charge < -0.3 is 4.74 Å². The summed E-state index contributed by atoms with van der Waals surface area (Å²) < 4.78 is 32.4. The Morgan fingerprint density at radius 2 is 2.19 bits per heavy atom. The van der Waals surface area contributed by atoms with Crippen LogP contribution in [-0.2, 0) is 18.1 Å². The number of hydrogen-bond acceptors (Lipinski definition) is 3. The zero-order valence-electron chi connectivity index (χ0n) is 8.31. The lowest BCUT2D eigenvalue weighted by atomic mass is 10.2. The normalized spacial score (nSPS) is 10.6. The highest BCUT2D eigenvalue weighted by molar-refractivity contribution is 5.17. The van der Waals surface area contributed by atoms with Crippen LogP contribution in [0.3, 0.4) is 0 Å². The third kappa shape index (κ3) is 2.60. The lowest BCUT2D eigenvalue weighted by molar-refractivity contribution is 0.0542. The fourth-order valence-electron chi connectivity index (χ4n) is 1.19. The van der Waals surface area contributed by atoms with Crippen molar-refractivity contribution in [3.05, 3.63) is 48.1 Å². The van der Waals surface area contributed by atoms with E-state index in [-0.39, 0.29) is 13.3 Å². The van der Waals surface area contributed by atoms with Gasteiger partial charge in [-0.1, -0.05) is 6.07 Å². The van der Waals surface area contributed by atoms with Crippen LogP contribution in [0.4, 0.5) is 8.78 Å². The molecule has 0 fully saturated rings. The molecule has 0 aliphatic heterocycles. The molecule has 1 heterocycles. The van der Waals surface area contributed by atoms with Crippen LogP contribution in [0.25, 0.3) is 0 Å². The lowest BCUT2D eigenvalue weighted by Crippen LogP contribution is -2.04. The third-order valence-corrected chi connectivity index (χ3v) is 1.96. The summed E-state index contributed by atoms with van der Waals surface area (Å²) in [6.07, 6.45) is 2.86. The van der Waals surface area contributed by atoms with Gasteiger partial charge in [0, 0.05) is 11.6 Å². The molecular formula is C10H9F2N3O. The van der Waals surface area contributed by atoms with Crippen LogP contribution in [0.15, 0.2) is 30.9 Å². The van der Waals surface area contributed by atoms with Crippen LogP contribution in [0, 0.1) is 11.6 Å². The maximum Gasteiger partial charge on any atom is 0.141 e. The number of aromatic nitrogens is 3. The molecule has 0 radical (unpaired) electrons. The van der Waals surface area contributed by atoms with E-state index in [1.807, 2.05) is 0 Å². The molecule has 0 unspecified atom stereocenters. The van der Waals surface area contributed by atoms with Crippen molar-refractivity contribution in [3.63, 3.8) is 0 Å². The second-order valence-electron chi connectivity index (χ2n) is 3.15. The maximum atomic E-state index is 13.2. The fraction of sp³-hybridized carbons (Fsp3) is 0.200. The van der Waals surface area contributed by atoms with E-state index in [2.05, 4.69) is 10.1 Å². The summed E-state index contributed by atoms with van der Waals surface area (Å²) in [7, 11) is 0. The first-order valence-electron chi connectivity index (χ1n) is 4.60. The molecule has 0 saturated heterocycles. The van der Waals surface area contributed by atoms with Crippen molar-refractivity contribution in [2.45, 2.75) is 13.3 Å². The van der Waals surface area contributed by atoms with Crippen molar-refractivity contribution in [2.75, 3.05) is 0 Å². The summed E-state index contributed by atoms with van der Waals surface area (Å²) in [6.45, 7) is 0.239. The molecule has 2 aromatic rings. The minimum Gasteiger partial charge on any atom is -0.354 e. The van der Waals surface area contributed by atoms with E-state index in [9.17, 15) is 8.78 Å². The van der Waals surface area contributed by atoms with Gasteiger partial charge in [0.05, 0.1) is 6.61 Å². The summed E-state index contributed by atoms with van der Waals surface area (Å²) in [4.78, 5) is 3.73. The second-order valence-corrected chi connectivity index (χ2v) is 3.15. The SMILES string of the molecule is Fc1ccc(COCn2cncn2)c(F)c1. The van der Waals surface area contributed by atoms with Crippen LogP contribution in [0.1, 0.15) is 5.56 Å². The molecule has 2 rings (SSSR count). The van der Waals surface area contributed by atoms with Gasteiger partial charge in [-0.05, 0) is 6.07 Å². The molecule has 1 aromatic heterocycles. The van der Waals surface area contributed by atoms with Crippen LogP contribution < -0.4 is 0 Å². The van der Waals surface area contributed by atoms with Gasteiger partial charge in [-0.3, -0.25) is 0 Å². The van der Waals surface area contributed by atoms with E-state index >= 15 is 0 Å². The van der Waals surface area contributed by atoms with Crippen LogP contribution in [0.2, 0.25) is 0 Å². The van der Waals surface area contributed by atoms with Crippen molar-refractivity contribution in [3.8, 4) is 0 Å². The van der Waals surface area contributed by atoms with Gasteiger partial charge in [-0.2, -0.15) is 5.10 Å². The van der Waals surface area contributed by atoms with Crippen molar-refractivity contribution < 1.29 is 13.5 Å². The van der Waals surface area contributed by atoms with Crippen molar-refractivity contribution in [1.29, 1.82) is 0 Å². The van der Waals surface area contributed by atoms with E-state index in [0.717, 1.165) is 6.07 Å². The summed E-state index contributed by atoms with van der Waals surface area (Å²) >= 11 is 0. The first-order valence-corrected chi connectivity index (χ1v) is 4.60. The van der Waals surface area contributed by atoms with Gasteiger partial charge in [0.1, 0.15) is 31.0 Å². The van der Waals surface area contributed by atoms with Crippen LogP contribution in [-0.4, -0.2) is 14.8 Å². The molecule has 0 atom stereocenters. The zero-order valence-corrected chi connectivity index (χ0v) is 8.31. The number of ether oxygens (including phenoxy) is 1. The Morgan fingerprint density at radius 1 is 1.31 bits per heavy atom. The predicted molar refractivity (Wildman–Crippen MR) is 51.2 cm³/mol. The first-order chi connectivity index (χ1) is 7.75. The Labute approximate surface area is 90.5 Å². The highest BCUT2D eigenvalue weighted by Crippen LogP contribution is 2.10. The number of benzene rings is 1. The Balaban J connectivity index is 1.90. The summed E-state index contributed by atoms with van der Waals surface area (Å²) in [5.74, 6) is -1.21. The largest absolute Gasteiger partial charge is 0.354 e. The molecule has 0 spiro atoms. The number of rotatable bonds is 4. The minimum atomic E-state index is -0.612. The molecule has 0 aliphatic rings. The first kappa shape index (κ1) is 10.7. The Hall–Kier alpha value is -1.82. The molecule has 84 valence electrons. The minimum absolute atomic E-state index is 0.0615. The Morgan fingerprint density at radius 3 is 2.88 bits per heavy atom. The maximum absolute atomic E-state index is 13.2. The molecule has 0 N–H and O–H groups in total. The molecule has 6 heteroatoms. The van der Waals surface area contributed by atoms with Gasteiger partial charge in [0.2, 0.25) is 0 Å². The molecule has 0 saturated carbocycles. The lowest BCUT2D eigenvalue weighted by Gasteiger charge is -2.05. The average molecular weight is 225 g/mol. The van der Waals surface area contributed by atoms with Gasteiger partial charge in [0.15, 0.2) is 0 Å². The predicted octanol–water partition coefficient (Wildman–Crippen LogP) is 1.73. The summed E-state index contributed by atoms with van der Waals surface area (Å²) in [5.41, 5.74) is 0.307. The van der Waals surface area contributed by atoms with Crippen molar-refractivity contribution >= 4 is 0 Å². The second kappa shape index (κ2) is 4.80. The number of nitrogens with zero attached hydrogens (tertiary/aromatic N) is 3. The zero-order chi connectivity index (χ0) is 11.4. The monoisotopic (exact) mass is 225 g/mol. The van der Waals surface area contributed by atoms with E-state index in [0.29, 0.717) is 5.56 Å². The summed E-state index contributed by atoms with van der Waals surface area (Å²) in [5, 5.41) is 3.81. The molecule has 0 aliphatic carbocycles. The molecule has 1 aromatic carbocycles. The van der Waals surface area contributed by atoms with E-state index in [4.69, 9.17) is 4.74 Å². The fourth-order valence-corrected chi connectivity index (χ4v) is 1.19. The highest BCUT2D eigenvalue weighted by Gasteiger charge is 2.03. The molecule has 0 bridgehead atoms. The standard InChI is InChI=1S/C10H9F2N3O/c11-9-2-1-8(10(12)3-9)4-16-7-15-6-13-5-14-15/h1-3,5-6H,4,7H2. The average Bonchev–Trinajstić information content (AvgIpc) is 2.74. The van der Waals surface area contributed by atoms with Gasteiger partial charge in [0.25, 0.3) is 0 Å². The van der Waals surface area contributed by atoms with Crippen molar-refractivity contribution in [1.82, 2.24) is 14.8 Å². The quantitative estimate of drug-likeness (QED) is 0.795. The van der Waals surface area contributed by atoms with Gasteiger partial charge in [-0.15, -0.1) is 0 Å². The number of hydrogen-bond donors (Lipinski definition) is 0. The van der Waals surface area contributed by atoms with E-state index < -0.39 is 11.6 Å². The smallest absolute Gasteiger partial charge is 0.141 e. The van der Waals surface area contributed by atoms with E-state index in [1.165, 1.54) is 29.5 Å². The topological polar surface area (TPSA) is 39.9 Å². The molecule has 16 heavy (non-hydrogen) atoms. The Kier molecular flexibility index (Phi) is 3.21. The van der Waals surface area contributed by atoms with Gasteiger partial charge in [-0.25, -0.2) is 18.4 Å². The molecule has 0 amide bonds. The number of halogens is 2. The van der Waals surface area contributed by atoms with E-state index in [1.54, 1.807) is 0 Å². The van der Waals surface area contributed by atoms with Gasteiger partial charge >= 0.3 is 0 Å².